The number of unbranched alkanes of at least 4 members (excludes halogenated alkanes) is 25. The van der Waals surface area contributed by atoms with Gasteiger partial charge in [-0.3, -0.25) is 43.2 Å². The lowest BCUT2D eigenvalue weighted by Crippen LogP contribution is -2.46. The molecule has 97 heavy (non-hydrogen) atoms. The Morgan fingerprint density at radius 3 is 0.876 bits per heavy atom. The Morgan fingerprint density at radius 1 is 0.289 bits per heavy atom. The van der Waals surface area contributed by atoms with Crippen LogP contribution in [0.5, 0.6) is 0 Å². The van der Waals surface area contributed by atoms with E-state index in [1.807, 2.05) is 0 Å². The van der Waals surface area contributed by atoms with Crippen LogP contribution in [0.4, 0.5) is 0 Å². The number of carboxylic acid groups (broad SMARTS) is 6. The van der Waals surface area contributed by atoms with Crippen molar-refractivity contribution in [3.8, 4) is 0 Å². The molecular formula is C67H114N6O24. The molecule has 0 aromatic carbocycles. The van der Waals surface area contributed by atoms with Crippen molar-refractivity contribution in [3.63, 3.8) is 0 Å². The summed E-state index contributed by atoms with van der Waals surface area (Å²) < 4.78 is 21.3. The monoisotopic (exact) mass is 1390 g/mol. The van der Waals surface area contributed by atoms with E-state index in [1.54, 1.807) is 0 Å². The Bertz CT molecular complexity index is 2290. The van der Waals surface area contributed by atoms with Gasteiger partial charge in [0.25, 0.3) is 0 Å². The van der Waals surface area contributed by atoms with Gasteiger partial charge in [0, 0.05) is 58.0 Å². The lowest BCUT2D eigenvalue weighted by atomic mass is 9.97. The molecular weight excluding hydrogens is 1270 g/mol. The van der Waals surface area contributed by atoms with Crippen molar-refractivity contribution in [2.45, 2.75) is 268 Å². The van der Waals surface area contributed by atoms with Gasteiger partial charge in [-0.2, -0.15) is 0 Å². The number of carboxylic acids is 6. The fraction of sp³-hybridized carbons (Fsp3) is 0.791. The fourth-order valence-electron chi connectivity index (χ4n) is 10.1. The van der Waals surface area contributed by atoms with Crippen molar-refractivity contribution < 1.29 is 117 Å². The molecule has 0 spiro atoms. The van der Waals surface area contributed by atoms with Crippen molar-refractivity contribution in [3.05, 3.63) is 0 Å². The summed E-state index contributed by atoms with van der Waals surface area (Å²) in [5, 5.41) is 70.5. The van der Waals surface area contributed by atoms with Crippen LogP contribution in [0.1, 0.15) is 244 Å². The molecule has 556 valence electrons. The first-order valence-electron chi connectivity index (χ1n) is 34.9. The molecule has 0 aromatic heterocycles. The highest BCUT2D eigenvalue weighted by atomic mass is 16.5. The molecule has 6 amide bonds. The minimum atomic E-state index is -1.75. The lowest BCUT2D eigenvalue weighted by Gasteiger charge is -2.19. The van der Waals surface area contributed by atoms with Gasteiger partial charge >= 0.3 is 35.8 Å². The van der Waals surface area contributed by atoms with Crippen LogP contribution in [-0.4, -0.2) is 204 Å². The topological polar surface area (TPSA) is 469 Å². The van der Waals surface area contributed by atoms with Crippen LogP contribution in [-0.2, 0) is 86.1 Å². The summed E-state index contributed by atoms with van der Waals surface area (Å²) >= 11 is 0. The SMILES string of the molecule is O=CC(C[C@H](NC(=O)CC[C@H](NC(=O)CC[C@H](NC(=O)CCCCCCCCCCCCCCCCC(=O)O)C(=O)O)C(=O)O)C(=O)O)C(=O)COCCOCCNC(=O)COCCOCCNC(=O)CC[C@H](NC(=O)CCCCCCCCCCCCCCCC(=O)O)C(=O)O. The van der Waals surface area contributed by atoms with Gasteiger partial charge in [-0.25, -0.2) is 19.2 Å². The van der Waals surface area contributed by atoms with E-state index in [1.165, 1.54) is 19.3 Å². The molecule has 0 heterocycles. The molecule has 0 aromatic rings. The zero-order chi connectivity index (χ0) is 72.1. The van der Waals surface area contributed by atoms with E-state index < -0.39 is 134 Å². The molecule has 0 fully saturated rings. The number of amides is 6. The highest BCUT2D eigenvalue weighted by molar-refractivity contribution is 5.95. The van der Waals surface area contributed by atoms with Crippen molar-refractivity contribution >= 4 is 83.3 Å². The molecule has 0 rings (SSSR count). The smallest absolute Gasteiger partial charge is 0.326 e. The van der Waals surface area contributed by atoms with E-state index in [0.717, 1.165) is 141 Å². The normalized spacial score (nSPS) is 12.6. The van der Waals surface area contributed by atoms with Crippen molar-refractivity contribution in [2.75, 3.05) is 65.9 Å². The quantitative estimate of drug-likeness (QED) is 0.0190. The molecule has 0 aliphatic carbocycles. The molecule has 0 saturated heterocycles. The number of hydrogen-bond acceptors (Lipinski definition) is 18. The van der Waals surface area contributed by atoms with Gasteiger partial charge in [0.2, 0.25) is 35.4 Å². The number of ether oxygens (including phenoxy) is 4. The number of carbonyl (C=O) groups is 14. The van der Waals surface area contributed by atoms with Crippen molar-refractivity contribution in [1.29, 1.82) is 0 Å². The number of aldehydes is 1. The predicted octanol–water partition coefficient (Wildman–Crippen LogP) is 5.94. The maximum absolute atomic E-state index is 12.8. The Labute approximate surface area is 570 Å². The van der Waals surface area contributed by atoms with E-state index in [2.05, 4.69) is 31.9 Å². The number of ketones is 1. The Kier molecular flexibility index (Phi) is 56.6. The molecule has 1 unspecified atom stereocenters. The summed E-state index contributed by atoms with van der Waals surface area (Å²) in [4.78, 5) is 168. The van der Waals surface area contributed by atoms with Gasteiger partial charge < -0.3 is 86.3 Å². The summed E-state index contributed by atoms with van der Waals surface area (Å²) in [6.07, 6.45) is 25.3. The second kappa shape index (κ2) is 61.2. The summed E-state index contributed by atoms with van der Waals surface area (Å²) in [5.74, 6) is -13.2. The minimum Gasteiger partial charge on any atom is -0.481 e. The van der Waals surface area contributed by atoms with Crippen LogP contribution in [0.3, 0.4) is 0 Å². The standard InChI is InChI=1S/C67H114N6O24/c74-47-50(46-54(67(92)93)73-60(80)37-34-53(66(90)91)72-59(79)36-33-52(65(88)89)71-58(78)29-25-21-17-12-8-4-1-2-6-10-14-18-22-26-30-62(82)83)55(75)48-96-44-42-95-41-39-69-61(81)49-97-45-43-94-40-38-68-56(76)35-32-51(64(86)87)70-57(77)28-24-20-16-13-9-5-3-7-11-15-19-23-27-31-63(84)85/h47,50-54H,1-46,48-49H2,(H,68,76)(H,69,81)(H,70,77)(H,71,78)(H,72,79)(H,73,80)(H,82,83)(H,84,85)(H,86,87)(H,88,89)(H,90,91)(H,92,93)/t50?,51-,52-,53-,54-/m0/s1. The number of aliphatic carboxylic acids is 6. The molecule has 12 N–H and O–H groups in total. The summed E-state index contributed by atoms with van der Waals surface area (Å²) in [7, 11) is 0. The van der Waals surface area contributed by atoms with Gasteiger partial charge in [0.15, 0.2) is 5.78 Å². The maximum atomic E-state index is 12.8. The molecule has 0 bridgehead atoms. The third-order valence-electron chi connectivity index (χ3n) is 15.8. The van der Waals surface area contributed by atoms with E-state index in [9.17, 15) is 87.5 Å². The lowest BCUT2D eigenvalue weighted by molar-refractivity contribution is -0.144. The van der Waals surface area contributed by atoms with Crippen LogP contribution in [0.2, 0.25) is 0 Å². The highest BCUT2D eigenvalue weighted by Gasteiger charge is 2.30. The molecule has 0 aliphatic rings. The van der Waals surface area contributed by atoms with Gasteiger partial charge in [0.1, 0.15) is 43.7 Å². The van der Waals surface area contributed by atoms with Gasteiger partial charge in [-0.1, -0.05) is 148 Å². The molecule has 30 heteroatoms. The molecule has 0 aliphatic heterocycles. The van der Waals surface area contributed by atoms with E-state index in [0.29, 0.717) is 12.8 Å². The average molecular weight is 1390 g/mol. The van der Waals surface area contributed by atoms with Crippen LogP contribution in [0, 0.1) is 5.92 Å². The number of nitrogens with one attached hydrogen (secondary N) is 6. The zero-order valence-corrected chi connectivity index (χ0v) is 56.9. The highest BCUT2D eigenvalue weighted by Crippen LogP contribution is 2.17. The zero-order valence-electron chi connectivity index (χ0n) is 56.9. The second-order valence-corrected chi connectivity index (χ2v) is 24.3. The number of carbonyl (C=O) groups excluding carboxylic acids is 8. The van der Waals surface area contributed by atoms with Gasteiger partial charge in [-0.15, -0.1) is 0 Å². The van der Waals surface area contributed by atoms with Crippen molar-refractivity contribution in [2.24, 2.45) is 5.92 Å². The molecule has 30 nitrogen and oxygen atoms in total. The van der Waals surface area contributed by atoms with E-state index in [4.69, 9.17) is 29.2 Å². The Morgan fingerprint density at radius 2 is 0.557 bits per heavy atom. The Hall–Kier alpha value is -7.18. The Balaban J connectivity index is 4.24. The largest absolute Gasteiger partial charge is 0.481 e. The second-order valence-electron chi connectivity index (χ2n) is 24.3. The molecule has 0 saturated carbocycles. The molecule has 5 atom stereocenters. The van der Waals surface area contributed by atoms with E-state index >= 15 is 0 Å². The van der Waals surface area contributed by atoms with E-state index in [-0.39, 0.29) is 116 Å². The summed E-state index contributed by atoms with van der Waals surface area (Å²) in [6.45, 7) is -0.501. The third-order valence-corrected chi connectivity index (χ3v) is 15.8. The summed E-state index contributed by atoms with van der Waals surface area (Å²) in [5.41, 5.74) is 0. The number of hydrogen-bond donors (Lipinski definition) is 12. The van der Waals surface area contributed by atoms with Crippen LogP contribution < -0.4 is 31.9 Å². The van der Waals surface area contributed by atoms with Crippen LogP contribution >= 0.6 is 0 Å². The first-order chi connectivity index (χ1) is 46.5. The van der Waals surface area contributed by atoms with Gasteiger partial charge in [-0.05, 0) is 51.4 Å². The summed E-state index contributed by atoms with van der Waals surface area (Å²) in [6, 6.07) is -6.03. The first-order valence-corrected chi connectivity index (χ1v) is 34.9. The maximum Gasteiger partial charge on any atom is 0.326 e. The van der Waals surface area contributed by atoms with Gasteiger partial charge in [0.05, 0.1) is 45.6 Å². The third kappa shape index (κ3) is 56.5. The van der Waals surface area contributed by atoms with Crippen LogP contribution in [0.25, 0.3) is 0 Å². The van der Waals surface area contributed by atoms with Crippen molar-refractivity contribution in [1.82, 2.24) is 31.9 Å². The number of Topliss-reactive ketones (excluding diaryl/α,β-unsaturated/α-hetero) is 1. The van der Waals surface area contributed by atoms with Crippen LogP contribution in [0.15, 0.2) is 0 Å². The number of rotatable bonds is 70. The first kappa shape index (κ1) is 89.8. The average Bonchev–Trinajstić information content (AvgIpc) is 1.03. The molecule has 0 radical (unpaired) electrons. The predicted molar refractivity (Wildman–Crippen MR) is 353 cm³/mol. The minimum absolute atomic E-state index is 0.0314. The fourth-order valence-corrected chi connectivity index (χ4v) is 10.1.